The summed E-state index contributed by atoms with van der Waals surface area (Å²) in [5.41, 5.74) is 1.64. The number of ether oxygens (including phenoxy) is 3. The minimum absolute atomic E-state index is 0.0354. The maximum Gasteiger partial charge on any atom is 0.343 e. The van der Waals surface area contributed by atoms with E-state index in [0.29, 0.717) is 24.3 Å². The molecule has 0 radical (unpaired) electrons. The van der Waals surface area contributed by atoms with E-state index in [-0.39, 0.29) is 11.5 Å². The maximum absolute atomic E-state index is 12.5. The third-order valence-electron chi connectivity index (χ3n) is 5.07. The monoisotopic (exact) mass is 461 g/mol. The van der Waals surface area contributed by atoms with Gasteiger partial charge in [0.2, 0.25) is 0 Å². The second-order valence-corrected chi connectivity index (χ2v) is 7.73. The zero-order valence-electron chi connectivity index (χ0n) is 19.7. The van der Waals surface area contributed by atoms with E-state index in [1.165, 1.54) is 18.9 Å². The molecular formula is C28H31NO5. The number of phenols is 1. The minimum Gasteiger partial charge on any atom is -0.507 e. The number of hydrogen-bond donors (Lipinski definition) is 1. The van der Waals surface area contributed by atoms with Crippen molar-refractivity contribution in [2.24, 2.45) is 4.99 Å². The van der Waals surface area contributed by atoms with E-state index in [4.69, 9.17) is 14.2 Å². The fraction of sp³-hybridized carbons (Fsp3) is 0.286. The van der Waals surface area contributed by atoms with Crippen LogP contribution < -0.4 is 14.2 Å². The van der Waals surface area contributed by atoms with E-state index < -0.39 is 5.97 Å². The van der Waals surface area contributed by atoms with Crippen molar-refractivity contribution in [1.82, 2.24) is 0 Å². The molecule has 3 aromatic carbocycles. The molecule has 6 heteroatoms. The van der Waals surface area contributed by atoms with Crippen LogP contribution in [0.1, 0.15) is 55.5 Å². The molecule has 3 rings (SSSR count). The minimum atomic E-state index is -0.510. The standard InChI is InChI=1S/C28H31NO5/c1-3-5-6-7-18-33-25-13-8-21(9-14-25)28(31)34-26-15-10-22(27(30)19-26)20-29-23-11-16-24(17-12-23)32-4-2/h8-17,19-20,30H,3-7,18H2,1-2H3. The predicted octanol–water partition coefficient (Wildman–Crippen LogP) is 6.72. The smallest absolute Gasteiger partial charge is 0.343 e. The fourth-order valence-corrected chi connectivity index (χ4v) is 3.21. The van der Waals surface area contributed by atoms with Gasteiger partial charge in [-0.3, -0.25) is 4.99 Å². The molecule has 0 aliphatic carbocycles. The highest BCUT2D eigenvalue weighted by Crippen LogP contribution is 2.25. The van der Waals surface area contributed by atoms with Crippen LogP contribution in [0.15, 0.2) is 71.7 Å². The van der Waals surface area contributed by atoms with Crippen LogP contribution in [0.4, 0.5) is 5.69 Å². The Hall–Kier alpha value is -3.80. The van der Waals surface area contributed by atoms with E-state index >= 15 is 0 Å². The van der Waals surface area contributed by atoms with Gasteiger partial charge in [-0.25, -0.2) is 4.79 Å². The summed E-state index contributed by atoms with van der Waals surface area (Å²) in [6, 6.07) is 18.8. The van der Waals surface area contributed by atoms with Gasteiger partial charge < -0.3 is 19.3 Å². The van der Waals surface area contributed by atoms with Gasteiger partial charge in [0, 0.05) is 17.8 Å². The van der Waals surface area contributed by atoms with E-state index in [2.05, 4.69) is 11.9 Å². The van der Waals surface area contributed by atoms with Crippen molar-refractivity contribution in [1.29, 1.82) is 0 Å². The second-order valence-electron chi connectivity index (χ2n) is 7.73. The molecule has 0 spiro atoms. The first-order valence-electron chi connectivity index (χ1n) is 11.6. The molecule has 178 valence electrons. The third kappa shape index (κ3) is 7.66. The normalized spacial score (nSPS) is 10.9. The number of benzene rings is 3. The molecule has 0 heterocycles. The van der Waals surface area contributed by atoms with Crippen LogP contribution >= 0.6 is 0 Å². The van der Waals surface area contributed by atoms with Gasteiger partial charge in [-0.1, -0.05) is 26.2 Å². The molecule has 0 fully saturated rings. The summed E-state index contributed by atoms with van der Waals surface area (Å²) in [4.78, 5) is 16.8. The van der Waals surface area contributed by atoms with Crippen LogP contribution in [0.3, 0.4) is 0 Å². The quantitative estimate of drug-likeness (QED) is 0.140. The Morgan fingerprint density at radius 1 is 0.853 bits per heavy atom. The lowest BCUT2D eigenvalue weighted by molar-refractivity contribution is 0.0734. The molecule has 0 saturated carbocycles. The first-order chi connectivity index (χ1) is 16.6. The van der Waals surface area contributed by atoms with E-state index in [0.717, 1.165) is 30.0 Å². The number of carbonyl (C=O) groups is 1. The summed E-state index contributed by atoms with van der Waals surface area (Å²) in [5, 5.41) is 10.3. The van der Waals surface area contributed by atoms with Crippen molar-refractivity contribution in [3.8, 4) is 23.0 Å². The zero-order chi connectivity index (χ0) is 24.2. The summed E-state index contributed by atoms with van der Waals surface area (Å²) in [6.45, 7) is 5.37. The summed E-state index contributed by atoms with van der Waals surface area (Å²) < 4.78 is 16.5. The molecule has 0 aromatic heterocycles. The average Bonchev–Trinajstić information content (AvgIpc) is 2.85. The molecule has 34 heavy (non-hydrogen) atoms. The molecule has 3 aromatic rings. The average molecular weight is 462 g/mol. The Kier molecular flexibility index (Phi) is 9.52. The molecule has 0 unspecified atom stereocenters. The van der Waals surface area contributed by atoms with Gasteiger partial charge in [0.25, 0.3) is 0 Å². The van der Waals surface area contributed by atoms with Crippen molar-refractivity contribution in [3.05, 3.63) is 77.9 Å². The van der Waals surface area contributed by atoms with Crippen LogP contribution in [0.25, 0.3) is 0 Å². The van der Waals surface area contributed by atoms with Crippen molar-refractivity contribution >= 4 is 17.9 Å². The zero-order valence-corrected chi connectivity index (χ0v) is 19.7. The summed E-state index contributed by atoms with van der Waals surface area (Å²) in [6.07, 6.45) is 6.12. The Morgan fingerprint density at radius 2 is 1.53 bits per heavy atom. The highest BCUT2D eigenvalue weighted by molar-refractivity contribution is 5.91. The molecule has 1 N–H and O–H groups in total. The number of aliphatic imine (C=N–C) groups is 1. The van der Waals surface area contributed by atoms with Gasteiger partial charge >= 0.3 is 5.97 Å². The molecule has 0 amide bonds. The number of unbranched alkanes of at least 4 members (excludes halogenated alkanes) is 3. The molecule has 0 atom stereocenters. The van der Waals surface area contributed by atoms with Crippen LogP contribution in [-0.2, 0) is 0 Å². The van der Waals surface area contributed by atoms with Gasteiger partial charge in [0.1, 0.15) is 23.0 Å². The predicted molar refractivity (Wildman–Crippen MR) is 134 cm³/mol. The molecule has 0 aliphatic heterocycles. The molecular weight excluding hydrogens is 430 g/mol. The van der Waals surface area contributed by atoms with Crippen LogP contribution in [0, 0.1) is 0 Å². The fourth-order valence-electron chi connectivity index (χ4n) is 3.21. The maximum atomic E-state index is 12.5. The highest BCUT2D eigenvalue weighted by atomic mass is 16.5. The number of nitrogens with zero attached hydrogens (tertiary/aromatic N) is 1. The summed E-state index contributed by atoms with van der Waals surface area (Å²) in [5.74, 6) is 1.20. The molecule has 6 nitrogen and oxygen atoms in total. The third-order valence-corrected chi connectivity index (χ3v) is 5.07. The largest absolute Gasteiger partial charge is 0.507 e. The van der Waals surface area contributed by atoms with E-state index in [1.807, 2.05) is 31.2 Å². The SMILES string of the molecule is CCCCCCOc1ccc(C(=O)Oc2ccc(C=Nc3ccc(OCC)cc3)c(O)c2)cc1. The first kappa shape index (κ1) is 24.8. The van der Waals surface area contributed by atoms with Gasteiger partial charge in [-0.05, 0) is 74.0 Å². The van der Waals surface area contributed by atoms with Gasteiger partial charge in [-0.2, -0.15) is 0 Å². The van der Waals surface area contributed by atoms with Crippen molar-refractivity contribution < 1.29 is 24.1 Å². The molecule has 0 saturated heterocycles. The Labute approximate surface area is 200 Å². The van der Waals surface area contributed by atoms with Crippen molar-refractivity contribution in [2.45, 2.75) is 39.5 Å². The number of hydrogen-bond acceptors (Lipinski definition) is 6. The second kappa shape index (κ2) is 13.0. The first-order valence-corrected chi connectivity index (χ1v) is 11.6. The number of phenolic OH excluding ortho intramolecular Hbond substituents is 1. The topological polar surface area (TPSA) is 77.4 Å². The van der Waals surface area contributed by atoms with Gasteiger partial charge in [0.15, 0.2) is 0 Å². The van der Waals surface area contributed by atoms with E-state index in [1.54, 1.807) is 42.6 Å². The van der Waals surface area contributed by atoms with Crippen LogP contribution in [-0.4, -0.2) is 30.5 Å². The number of esters is 1. The summed E-state index contributed by atoms with van der Waals surface area (Å²) >= 11 is 0. The Bertz CT molecular complexity index is 1070. The van der Waals surface area contributed by atoms with Gasteiger partial charge in [0.05, 0.1) is 24.5 Å². The van der Waals surface area contributed by atoms with E-state index in [9.17, 15) is 9.90 Å². The number of carbonyl (C=O) groups excluding carboxylic acids is 1. The number of aromatic hydroxyl groups is 1. The lowest BCUT2D eigenvalue weighted by Crippen LogP contribution is -2.08. The van der Waals surface area contributed by atoms with Crippen molar-refractivity contribution in [2.75, 3.05) is 13.2 Å². The molecule has 0 bridgehead atoms. The Balaban J connectivity index is 1.54. The van der Waals surface area contributed by atoms with Crippen LogP contribution in [0.2, 0.25) is 0 Å². The molecule has 0 aliphatic rings. The lowest BCUT2D eigenvalue weighted by Gasteiger charge is -2.08. The number of rotatable bonds is 12. The van der Waals surface area contributed by atoms with Gasteiger partial charge in [-0.15, -0.1) is 0 Å². The van der Waals surface area contributed by atoms with Crippen LogP contribution in [0.5, 0.6) is 23.0 Å². The Morgan fingerprint density at radius 3 is 2.21 bits per heavy atom. The lowest BCUT2D eigenvalue weighted by atomic mass is 10.2. The van der Waals surface area contributed by atoms with Crippen molar-refractivity contribution in [3.63, 3.8) is 0 Å². The highest BCUT2D eigenvalue weighted by Gasteiger charge is 2.10. The summed E-state index contributed by atoms with van der Waals surface area (Å²) in [7, 11) is 0.